The molecule has 2 aromatic rings. The molecule has 0 aliphatic heterocycles. The molecule has 0 spiro atoms. The summed E-state index contributed by atoms with van der Waals surface area (Å²) in [5.74, 6) is -0.492. The monoisotopic (exact) mass is 342 g/mol. The summed E-state index contributed by atoms with van der Waals surface area (Å²) in [5.41, 5.74) is 1.84. The first-order valence-corrected chi connectivity index (χ1v) is 8.28. The molecule has 3 rings (SSSR count). The van der Waals surface area contributed by atoms with Gasteiger partial charge in [0, 0.05) is 17.3 Å². The van der Waals surface area contributed by atoms with E-state index in [4.69, 9.17) is 11.6 Å². The highest BCUT2D eigenvalue weighted by Crippen LogP contribution is 2.47. The van der Waals surface area contributed by atoms with Crippen molar-refractivity contribution in [2.24, 2.45) is 5.41 Å². The number of hydrogen-bond donors (Lipinski definition) is 2. The van der Waals surface area contributed by atoms with Crippen LogP contribution in [0.15, 0.2) is 48.5 Å². The Bertz CT molecular complexity index is 767. The third-order valence-corrected chi connectivity index (χ3v) is 4.51. The van der Waals surface area contributed by atoms with Gasteiger partial charge < -0.3 is 10.6 Å². The maximum atomic E-state index is 12.5. The van der Waals surface area contributed by atoms with Gasteiger partial charge in [0.1, 0.15) is 5.41 Å². The molecule has 0 radical (unpaired) electrons. The summed E-state index contributed by atoms with van der Waals surface area (Å²) in [4.78, 5) is 25.0. The predicted octanol–water partition coefficient (Wildman–Crippen LogP) is 3.68. The van der Waals surface area contributed by atoms with Gasteiger partial charge in [0.25, 0.3) is 0 Å². The van der Waals surface area contributed by atoms with Crippen LogP contribution in [-0.2, 0) is 16.1 Å². The van der Waals surface area contributed by atoms with Gasteiger partial charge >= 0.3 is 0 Å². The van der Waals surface area contributed by atoms with Gasteiger partial charge in [-0.1, -0.05) is 47.5 Å². The van der Waals surface area contributed by atoms with Gasteiger partial charge in [-0.25, -0.2) is 0 Å². The number of hydrogen-bond acceptors (Lipinski definition) is 2. The molecule has 1 saturated carbocycles. The summed E-state index contributed by atoms with van der Waals surface area (Å²) >= 11 is 5.92. The Hall–Kier alpha value is -2.33. The fourth-order valence-corrected chi connectivity index (χ4v) is 2.75. The number of nitrogens with one attached hydrogen (secondary N) is 2. The number of rotatable bonds is 5. The van der Waals surface area contributed by atoms with Crippen LogP contribution in [0.4, 0.5) is 5.69 Å². The summed E-state index contributed by atoms with van der Waals surface area (Å²) in [6.07, 6.45) is 1.14. The lowest BCUT2D eigenvalue weighted by molar-refractivity contribution is -0.134. The summed E-state index contributed by atoms with van der Waals surface area (Å²) in [6, 6.07) is 14.9. The van der Waals surface area contributed by atoms with Gasteiger partial charge in [0.05, 0.1) is 0 Å². The average Bonchev–Trinajstić information content (AvgIpc) is 3.36. The standard InChI is InChI=1S/C19H19ClN2O2/c1-13-5-7-14(8-6-13)12-21-17(23)19(9-10-19)18(24)22-16-4-2-3-15(20)11-16/h2-8,11H,9-10,12H2,1H3,(H,21,23)(H,22,24). The van der Waals surface area contributed by atoms with Crippen LogP contribution in [0.25, 0.3) is 0 Å². The molecular weight excluding hydrogens is 324 g/mol. The maximum Gasteiger partial charge on any atom is 0.240 e. The molecule has 1 aliphatic carbocycles. The molecule has 1 fully saturated rings. The van der Waals surface area contributed by atoms with E-state index >= 15 is 0 Å². The van der Waals surface area contributed by atoms with Crippen LogP contribution in [0.3, 0.4) is 0 Å². The zero-order valence-electron chi connectivity index (χ0n) is 13.4. The van der Waals surface area contributed by atoms with Crippen molar-refractivity contribution in [2.45, 2.75) is 26.3 Å². The normalized spacial score (nSPS) is 14.8. The van der Waals surface area contributed by atoms with Gasteiger partial charge in [-0.3, -0.25) is 9.59 Å². The SMILES string of the molecule is Cc1ccc(CNC(=O)C2(C(=O)Nc3cccc(Cl)c3)CC2)cc1. The van der Waals surface area contributed by atoms with E-state index in [2.05, 4.69) is 10.6 Å². The molecule has 4 nitrogen and oxygen atoms in total. The van der Waals surface area contributed by atoms with Crippen molar-refractivity contribution in [1.82, 2.24) is 5.32 Å². The van der Waals surface area contributed by atoms with Crippen molar-refractivity contribution in [2.75, 3.05) is 5.32 Å². The maximum absolute atomic E-state index is 12.5. The number of amides is 2. The highest BCUT2D eigenvalue weighted by molar-refractivity contribution is 6.31. The molecule has 124 valence electrons. The quantitative estimate of drug-likeness (QED) is 0.814. The van der Waals surface area contributed by atoms with Crippen LogP contribution in [0.2, 0.25) is 5.02 Å². The van der Waals surface area contributed by atoms with Crippen LogP contribution in [0, 0.1) is 12.3 Å². The van der Waals surface area contributed by atoms with Crippen molar-refractivity contribution >= 4 is 29.1 Å². The number of aryl methyl sites for hydroxylation is 1. The number of benzene rings is 2. The van der Waals surface area contributed by atoms with Crippen molar-refractivity contribution < 1.29 is 9.59 Å². The van der Waals surface area contributed by atoms with E-state index in [9.17, 15) is 9.59 Å². The second kappa shape index (κ2) is 6.65. The topological polar surface area (TPSA) is 58.2 Å². The van der Waals surface area contributed by atoms with Crippen molar-refractivity contribution in [3.8, 4) is 0 Å². The summed E-state index contributed by atoms with van der Waals surface area (Å²) in [5, 5.41) is 6.20. The molecule has 0 unspecified atom stereocenters. The summed E-state index contributed by atoms with van der Waals surface area (Å²) < 4.78 is 0. The Morgan fingerprint density at radius 1 is 1.08 bits per heavy atom. The third kappa shape index (κ3) is 3.60. The Balaban J connectivity index is 1.61. The first-order valence-electron chi connectivity index (χ1n) is 7.90. The van der Waals surface area contributed by atoms with E-state index in [1.807, 2.05) is 31.2 Å². The Kier molecular flexibility index (Phi) is 4.58. The van der Waals surface area contributed by atoms with E-state index in [1.165, 1.54) is 5.56 Å². The Morgan fingerprint density at radius 3 is 2.42 bits per heavy atom. The second-order valence-corrected chi connectivity index (χ2v) is 6.65. The lowest BCUT2D eigenvalue weighted by Crippen LogP contribution is -2.39. The molecule has 5 heteroatoms. The van der Waals surface area contributed by atoms with Gasteiger partial charge in [-0.2, -0.15) is 0 Å². The zero-order valence-corrected chi connectivity index (χ0v) is 14.2. The molecule has 2 aromatic carbocycles. The van der Waals surface area contributed by atoms with E-state index in [1.54, 1.807) is 24.3 Å². The molecule has 0 atom stereocenters. The molecule has 2 N–H and O–H groups in total. The van der Waals surface area contributed by atoms with E-state index in [0.29, 0.717) is 30.1 Å². The zero-order chi connectivity index (χ0) is 17.2. The molecule has 0 bridgehead atoms. The van der Waals surface area contributed by atoms with Crippen LogP contribution in [0.5, 0.6) is 0 Å². The molecular formula is C19H19ClN2O2. The molecule has 0 saturated heterocycles. The predicted molar refractivity (Wildman–Crippen MR) is 94.8 cm³/mol. The van der Waals surface area contributed by atoms with Gasteiger partial charge in [0.15, 0.2) is 0 Å². The third-order valence-electron chi connectivity index (χ3n) is 4.28. The van der Waals surface area contributed by atoms with Crippen molar-refractivity contribution in [3.05, 3.63) is 64.7 Å². The Morgan fingerprint density at radius 2 is 1.79 bits per heavy atom. The summed E-state index contributed by atoms with van der Waals surface area (Å²) in [6.45, 7) is 2.44. The van der Waals surface area contributed by atoms with Crippen molar-refractivity contribution in [3.63, 3.8) is 0 Å². The molecule has 1 aliphatic rings. The first kappa shape index (κ1) is 16.5. The molecule has 0 aromatic heterocycles. The van der Waals surface area contributed by atoms with Crippen LogP contribution < -0.4 is 10.6 Å². The number of halogens is 1. The number of carbonyl (C=O) groups excluding carboxylic acids is 2. The fraction of sp³-hybridized carbons (Fsp3) is 0.263. The second-order valence-electron chi connectivity index (χ2n) is 6.21. The van der Waals surface area contributed by atoms with Crippen LogP contribution in [0.1, 0.15) is 24.0 Å². The minimum Gasteiger partial charge on any atom is -0.351 e. The van der Waals surface area contributed by atoms with Gasteiger partial charge in [0.2, 0.25) is 11.8 Å². The van der Waals surface area contributed by atoms with E-state index < -0.39 is 5.41 Å². The number of anilines is 1. The minimum absolute atomic E-state index is 0.220. The average molecular weight is 343 g/mol. The highest BCUT2D eigenvalue weighted by atomic mass is 35.5. The van der Waals surface area contributed by atoms with Crippen LogP contribution >= 0.6 is 11.6 Å². The lowest BCUT2D eigenvalue weighted by Gasteiger charge is -2.15. The lowest BCUT2D eigenvalue weighted by atomic mass is 10.0. The highest BCUT2D eigenvalue weighted by Gasteiger charge is 2.56. The van der Waals surface area contributed by atoms with E-state index in [0.717, 1.165) is 5.56 Å². The van der Waals surface area contributed by atoms with Gasteiger partial charge in [-0.05, 0) is 43.5 Å². The molecule has 24 heavy (non-hydrogen) atoms. The Labute approximate surface area is 146 Å². The minimum atomic E-state index is -0.951. The molecule has 0 heterocycles. The number of carbonyl (C=O) groups is 2. The van der Waals surface area contributed by atoms with Crippen LogP contribution in [-0.4, -0.2) is 11.8 Å². The fourth-order valence-electron chi connectivity index (χ4n) is 2.56. The van der Waals surface area contributed by atoms with Crippen molar-refractivity contribution in [1.29, 1.82) is 0 Å². The largest absolute Gasteiger partial charge is 0.351 e. The van der Waals surface area contributed by atoms with E-state index in [-0.39, 0.29) is 11.8 Å². The smallest absolute Gasteiger partial charge is 0.240 e. The summed E-state index contributed by atoms with van der Waals surface area (Å²) in [7, 11) is 0. The molecule has 2 amide bonds. The first-order chi connectivity index (χ1) is 11.5. The van der Waals surface area contributed by atoms with Gasteiger partial charge in [-0.15, -0.1) is 0 Å².